The smallest absolute Gasteiger partial charge is 0.274 e. The van der Waals surface area contributed by atoms with Crippen LogP contribution in [-0.2, 0) is 8.92 Å². The molecule has 0 unspecified atom stereocenters. The zero-order chi connectivity index (χ0) is 2.71. The van der Waals surface area contributed by atoms with E-state index in [0.29, 0.717) is 0 Å². The molecule has 0 amide bonds. The first-order valence-electron chi connectivity index (χ1n) is 0.408. The van der Waals surface area contributed by atoms with Crippen LogP contribution in [0.4, 0.5) is 0 Å². The van der Waals surface area contributed by atoms with Gasteiger partial charge in [0.05, 0.1) is 0 Å². The molecule has 0 aliphatic rings. The molecule has 0 aromatic carbocycles. The van der Waals surface area contributed by atoms with Crippen LogP contribution in [-0.4, -0.2) is 9.29 Å². The van der Waals surface area contributed by atoms with E-state index < -0.39 is 9.29 Å². The van der Waals surface area contributed by atoms with Gasteiger partial charge in [-0.25, -0.2) is 0 Å². The van der Waals surface area contributed by atoms with Crippen molar-refractivity contribution in [2.45, 2.75) is 0 Å². The fourth-order valence-corrected chi connectivity index (χ4v) is 0. The Morgan fingerprint density at radius 2 is 1.25 bits per heavy atom. The average molecular weight is 201 g/mol. The minimum absolute atomic E-state index is 0. The molecule has 19 valence electrons. The molecule has 0 aliphatic carbocycles. The van der Waals surface area contributed by atoms with Gasteiger partial charge in [0.2, 0.25) is 0 Å². The summed E-state index contributed by atoms with van der Waals surface area (Å²) >= 11 is 0. The molecule has 0 saturated heterocycles. The number of hydrogen-bond donors (Lipinski definition) is 0. The predicted octanol–water partition coefficient (Wildman–Crippen LogP) is -0.618. The molecule has 0 saturated carbocycles. The second-order valence-corrected chi connectivity index (χ2v) is 0.250. The third-order valence-electron chi connectivity index (χ3n) is 0. The Labute approximate surface area is 58.9 Å². The molecule has 0 aromatic rings. The Morgan fingerprint density at radius 3 is 1.25 bits per heavy atom. The van der Waals surface area contributed by atoms with E-state index in [1.807, 2.05) is 0 Å². The summed E-state index contributed by atoms with van der Waals surface area (Å²) in [5, 5.41) is 0. The summed E-state index contributed by atoms with van der Waals surface area (Å²) in [5.74, 6) is 0. The second kappa shape index (κ2) is 8.89. The van der Waals surface area contributed by atoms with Crippen molar-refractivity contribution in [3.05, 3.63) is 0 Å². The van der Waals surface area contributed by atoms with Crippen LogP contribution in [0.5, 0.6) is 0 Å². The zero-order valence-corrected chi connectivity index (χ0v) is 6.60. The maximum absolute atomic E-state index is 8.40. The van der Waals surface area contributed by atoms with Crippen molar-refractivity contribution < 1.29 is 50.2 Å². The van der Waals surface area contributed by atoms with Crippen LogP contribution >= 0.6 is 0 Å². The van der Waals surface area contributed by atoms with E-state index in [-0.39, 0.29) is 41.3 Å². The average Bonchev–Trinajstić information content (AvgIpc) is 0.918. The maximum atomic E-state index is 8.40. The van der Waals surface area contributed by atoms with Crippen molar-refractivity contribution in [2.24, 2.45) is 0 Å². The van der Waals surface area contributed by atoms with Crippen LogP contribution in [0.1, 0.15) is 0 Å². The fourth-order valence-electron chi connectivity index (χ4n) is 0. The van der Waals surface area contributed by atoms with Crippen LogP contribution in [0, 0.1) is 41.3 Å². The van der Waals surface area contributed by atoms with Gasteiger partial charge >= 0.3 is 9.29 Å². The summed E-state index contributed by atoms with van der Waals surface area (Å²) in [6.45, 7) is 0. The van der Waals surface area contributed by atoms with Gasteiger partial charge in [0, 0.05) is 41.3 Å². The Kier molecular flexibility index (Phi) is 19.9. The molecule has 0 fully saturated rings. The zero-order valence-electron chi connectivity index (χ0n) is 1.89. The van der Waals surface area contributed by atoms with Crippen LogP contribution in [0.2, 0.25) is 0 Å². The Morgan fingerprint density at radius 1 is 1.25 bits per heavy atom. The molecule has 0 aromatic heterocycles. The SMILES string of the molecule is O=[Si]=O.[Pr]. The molecule has 0 heterocycles. The second-order valence-electron chi connectivity index (χ2n) is 0.0833. The van der Waals surface area contributed by atoms with Crippen LogP contribution in [0.15, 0.2) is 0 Å². The summed E-state index contributed by atoms with van der Waals surface area (Å²) in [5.41, 5.74) is 0. The first kappa shape index (κ1) is 8.95. The van der Waals surface area contributed by atoms with Crippen LogP contribution < -0.4 is 0 Å². The molecular formula is O2PrSi. The van der Waals surface area contributed by atoms with Crippen molar-refractivity contribution in [1.82, 2.24) is 0 Å². The molecule has 0 aliphatic heterocycles. The topological polar surface area (TPSA) is 34.1 Å². The van der Waals surface area contributed by atoms with Crippen molar-refractivity contribution in [2.75, 3.05) is 0 Å². The van der Waals surface area contributed by atoms with E-state index in [9.17, 15) is 0 Å². The Bertz CT molecular complexity index is 27.0. The summed E-state index contributed by atoms with van der Waals surface area (Å²) in [6.07, 6.45) is 0. The van der Waals surface area contributed by atoms with Gasteiger partial charge < -0.3 is 0 Å². The summed E-state index contributed by atoms with van der Waals surface area (Å²) in [7, 11) is -1.42. The minimum atomic E-state index is -1.42. The first-order chi connectivity index (χ1) is 1.41. The molecule has 0 bridgehead atoms. The summed E-state index contributed by atoms with van der Waals surface area (Å²) < 4.78 is 16.8. The third-order valence-corrected chi connectivity index (χ3v) is 0. The molecule has 4 heavy (non-hydrogen) atoms. The first-order valence-corrected chi connectivity index (χ1v) is 1.22. The van der Waals surface area contributed by atoms with E-state index in [4.69, 9.17) is 8.92 Å². The van der Waals surface area contributed by atoms with E-state index in [2.05, 4.69) is 0 Å². The molecule has 1 radical (unpaired) electrons. The van der Waals surface area contributed by atoms with E-state index in [1.165, 1.54) is 0 Å². The van der Waals surface area contributed by atoms with Gasteiger partial charge in [0.15, 0.2) is 0 Å². The number of rotatable bonds is 0. The van der Waals surface area contributed by atoms with Crippen molar-refractivity contribution in [3.63, 3.8) is 0 Å². The minimum Gasteiger partial charge on any atom is -0.274 e. The van der Waals surface area contributed by atoms with Gasteiger partial charge in [-0.2, -0.15) is 0 Å². The van der Waals surface area contributed by atoms with Gasteiger partial charge in [-0.05, 0) is 0 Å². The van der Waals surface area contributed by atoms with E-state index >= 15 is 0 Å². The number of hydrogen-bond acceptors (Lipinski definition) is 2. The van der Waals surface area contributed by atoms with Crippen LogP contribution in [0.3, 0.4) is 0 Å². The van der Waals surface area contributed by atoms with Gasteiger partial charge in [0.1, 0.15) is 0 Å². The van der Waals surface area contributed by atoms with Gasteiger partial charge in [-0.3, -0.25) is 8.92 Å². The van der Waals surface area contributed by atoms with Gasteiger partial charge in [-0.1, -0.05) is 0 Å². The van der Waals surface area contributed by atoms with Crippen molar-refractivity contribution in [1.29, 1.82) is 0 Å². The Hall–Kier alpha value is 1.18. The molecule has 0 N–H and O–H groups in total. The molecule has 4 heteroatoms. The van der Waals surface area contributed by atoms with Crippen LogP contribution in [0.25, 0.3) is 0 Å². The molecule has 0 atom stereocenters. The maximum Gasteiger partial charge on any atom is 0.549 e. The van der Waals surface area contributed by atoms with Crippen molar-refractivity contribution in [3.8, 4) is 0 Å². The standard InChI is InChI=1S/O2Si.Pr/c1-3-2;. The summed E-state index contributed by atoms with van der Waals surface area (Å²) in [4.78, 5) is 0. The largest absolute Gasteiger partial charge is 0.549 e. The fraction of sp³-hybridized carbons (Fsp3) is 0. The predicted molar refractivity (Wildman–Crippen MR) is 7.13 cm³/mol. The molecule has 0 spiro atoms. The van der Waals surface area contributed by atoms with Gasteiger partial charge in [0.25, 0.3) is 0 Å². The van der Waals surface area contributed by atoms with Crippen molar-refractivity contribution >= 4 is 9.29 Å². The van der Waals surface area contributed by atoms with E-state index in [1.54, 1.807) is 0 Å². The van der Waals surface area contributed by atoms with Gasteiger partial charge in [-0.15, -0.1) is 0 Å². The quantitative estimate of drug-likeness (QED) is 0.489. The third kappa shape index (κ3) is 10.9. The summed E-state index contributed by atoms with van der Waals surface area (Å²) in [6, 6.07) is 0. The molecule has 0 rings (SSSR count). The monoisotopic (exact) mass is 201 g/mol. The normalized spacial score (nSPS) is 2.00. The van der Waals surface area contributed by atoms with E-state index in [0.717, 1.165) is 0 Å². The Balaban J connectivity index is 0. The molecular weight excluding hydrogens is 201 g/mol. The molecule has 2 nitrogen and oxygen atoms in total.